The normalized spacial score (nSPS) is 20.1. The van der Waals surface area contributed by atoms with Crippen molar-refractivity contribution in [2.45, 2.75) is 51.1 Å². The molecule has 1 aliphatic rings. The van der Waals surface area contributed by atoms with Crippen molar-refractivity contribution in [3.8, 4) is 0 Å². The van der Waals surface area contributed by atoms with Crippen LogP contribution in [0, 0.1) is 11.6 Å². The average Bonchev–Trinajstić information content (AvgIpc) is 2.71. The summed E-state index contributed by atoms with van der Waals surface area (Å²) in [6.07, 6.45) is -0.188. The van der Waals surface area contributed by atoms with Gasteiger partial charge in [-0.2, -0.15) is 0 Å². The van der Waals surface area contributed by atoms with Gasteiger partial charge in [-0.1, -0.05) is 17.7 Å². The van der Waals surface area contributed by atoms with E-state index in [9.17, 15) is 13.6 Å². The van der Waals surface area contributed by atoms with E-state index in [2.05, 4.69) is 4.74 Å². The second-order valence-corrected chi connectivity index (χ2v) is 7.15. The predicted octanol–water partition coefficient (Wildman–Crippen LogP) is 3.90. The highest BCUT2D eigenvalue weighted by atomic mass is 35.5. The van der Waals surface area contributed by atoms with E-state index in [0.717, 1.165) is 6.07 Å². The van der Waals surface area contributed by atoms with Gasteiger partial charge in [0, 0.05) is 5.82 Å². The van der Waals surface area contributed by atoms with Gasteiger partial charge in [0.05, 0.1) is 24.7 Å². The Labute approximate surface area is 145 Å². The Hall–Kier alpha value is -1.18. The van der Waals surface area contributed by atoms with E-state index in [0.29, 0.717) is 0 Å². The fourth-order valence-electron chi connectivity index (χ4n) is 2.50. The molecule has 0 aliphatic carbocycles. The van der Waals surface area contributed by atoms with E-state index >= 15 is 0 Å². The quantitative estimate of drug-likeness (QED) is 0.464. The largest absolute Gasteiger partial charge is 0.469 e. The third-order valence-electron chi connectivity index (χ3n) is 4.68. The smallest absolute Gasteiger partial charge is 0.466 e. The van der Waals surface area contributed by atoms with Gasteiger partial charge in [-0.05, 0) is 39.3 Å². The summed E-state index contributed by atoms with van der Waals surface area (Å²) in [4.78, 5) is 11.8. The molecule has 0 aromatic heterocycles. The second-order valence-electron chi connectivity index (χ2n) is 6.78. The summed E-state index contributed by atoms with van der Waals surface area (Å²) in [5.74, 6) is -3.19. The highest BCUT2D eigenvalue weighted by molar-refractivity contribution is 6.48. The molecule has 1 atom stereocenters. The standard InChI is InChI=1S/C16H20BClF2O4/c1-15(2)16(3,4)24-17(23-15)10(8-12(21)22-5)9-6-7-11(19)13(18)14(9)20/h6-7,10H,8H2,1-5H3. The van der Waals surface area contributed by atoms with Crippen LogP contribution in [0.3, 0.4) is 0 Å². The molecule has 1 unspecified atom stereocenters. The Morgan fingerprint density at radius 1 is 1.25 bits per heavy atom. The molecule has 1 aromatic rings. The number of hydrogen-bond acceptors (Lipinski definition) is 4. The van der Waals surface area contributed by atoms with E-state index in [4.69, 9.17) is 20.9 Å². The number of methoxy groups -OCH3 is 1. The van der Waals surface area contributed by atoms with Crippen LogP contribution in [0.1, 0.15) is 45.5 Å². The molecule has 1 aromatic carbocycles. The van der Waals surface area contributed by atoms with Crippen LogP contribution < -0.4 is 0 Å². The summed E-state index contributed by atoms with van der Waals surface area (Å²) < 4.78 is 44.4. The third-order valence-corrected chi connectivity index (χ3v) is 5.03. The Bertz CT molecular complexity index is 635. The van der Waals surface area contributed by atoms with Crippen molar-refractivity contribution >= 4 is 24.7 Å². The van der Waals surface area contributed by atoms with E-state index in [1.54, 1.807) is 0 Å². The van der Waals surface area contributed by atoms with Crippen LogP contribution in [-0.4, -0.2) is 31.4 Å². The summed E-state index contributed by atoms with van der Waals surface area (Å²) >= 11 is 5.67. The SMILES string of the molecule is COC(=O)CC(B1OC(C)(C)C(C)(C)O1)c1ccc(F)c(Cl)c1F. The molecule has 0 saturated carbocycles. The number of esters is 1. The number of ether oxygens (including phenoxy) is 1. The van der Waals surface area contributed by atoms with Gasteiger partial charge >= 0.3 is 13.1 Å². The first-order valence-corrected chi connectivity index (χ1v) is 7.94. The van der Waals surface area contributed by atoms with E-state index in [1.165, 1.54) is 13.2 Å². The maximum Gasteiger partial charge on any atom is 0.466 e. The van der Waals surface area contributed by atoms with Crippen LogP contribution in [0.2, 0.25) is 5.02 Å². The summed E-state index contributed by atoms with van der Waals surface area (Å²) in [6.45, 7) is 7.37. The maximum atomic E-state index is 14.5. The molecular weight excluding hydrogens is 340 g/mol. The van der Waals surface area contributed by atoms with Gasteiger partial charge in [-0.15, -0.1) is 0 Å². The van der Waals surface area contributed by atoms with Crippen molar-refractivity contribution < 1.29 is 27.6 Å². The van der Waals surface area contributed by atoms with Crippen molar-refractivity contribution in [3.05, 3.63) is 34.4 Å². The molecule has 0 spiro atoms. The van der Waals surface area contributed by atoms with Crippen LogP contribution in [0.25, 0.3) is 0 Å². The molecular formula is C16H20BClF2O4. The first-order chi connectivity index (χ1) is 11.0. The van der Waals surface area contributed by atoms with Crippen LogP contribution >= 0.6 is 11.6 Å². The fourth-order valence-corrected chi connectivity index (χ4v) is 2.67. The minimum Gasteiger partial charge on any atom is -0.469 e. The van der Waals surface area contributed by atoms with Crippen LogP contribution in [0.15, 0.2) is 12.1 Å². The first kappa shape index (κ1) is 19.2. The molecule has 0 bridgehead atoms. The topological polar surface area (TPSA) is 44.8 Å². The summed E-state index contributed by atoms with van der Waals surface area (Å²) in [5.41, 5.74) is -1.27. The van der Waals surface area contributed by atoms with Gasteiger partial charge in [-0.25, -0.2) is 8.78 Å². The monoisotopic (exact) mass is 360 g/mol. The average molecular weight is 361 g/mol. The minimum absolute atomic E-state index is 0.0466. The van der Waals surface area contributed by atoms with Gasteiger partial charge in [0.2, 0.25) is 0 Å². The molecule has 132 valence electrons. The zero-order valence-corrected chi connectivity index (χ0v) is 15.0. The van der Waals surface area contributed by atoms with Crippen molar-refractivity contribution in [1.29, 1.82) is 0 Å². The van der Waals surface area contributed by atoms with E-state index < -0.39 is 46.8 Å². The van der Waals surface area contributed by atoms with Crippen molar-refractivity contribution in [1.82, 2.24) is 0 Å². The number of halogens is 3. The van der Waals surface area contributed by atoms with Crippen LogP contribution in [0.4, 0.5) is 8.78 Å². The van der Waals surface area contributed by atoms with E-state index in [1.807, 2.05) is 27.7 Å². The molecule has 8 heteroatoms. The zero-order valence-electron chi connectivity index (χ0n) is 14.3. The number of rotatable bonds is 4. The molecule has 1 fully saturated rings. The molecule has 1 saturated heterocycles. The van der Waals surface area contributed by atoms with Gasteiger partial charge in [0.1, 0.15) is 16.7 Å². The Morgan fingerprint density at radius 3 is 2.29 bits per heavy atom. The first-order valence-electron chi connectivity index (χ1n) is 7.56. The summed E-state index contributed by atoms with van der Waals surface area (Å²) in [7, 11) is 0.336. The van der Waals surface area contributed by atoms with Gasteiger partial charge in [-0.3, -0.25) is 4.79 Å². The molecule has 1 aliphatic heterocycles. The molecule has 0 N–H and O–H groups in total. The number of hydrogen-bond donors (Lipinski definition) is 0. The van der Waals surface area contributed by atoms with Crippen LogP contribution in [0.5, 0.6) is 0 Å². The minimum atomic E-state index is -0.930. The predicted molar refractivity (Wildman–Crippen MR) is 86.8 cm³/mol. The molecule has 24 heavy (non-hydrogen) atoms. The maximum absolute atomic E-state index is 14.5. The Balaban J connectivity index is 2.44. The molecule has 0 amide bonds. The van der Waals surface area contributed by atoms with Gasteiger partial charge < -0.3 is 14.0 Å². The molecule has 1 heterocycles. The Morgan fingerprint density at radius 2 is 1.79 bits per heavy atom. The molecule has 0 radical (unpaired) electrons. The molecule has 2 rings (SSSR count). The Kier molecular flexibility index (Phi) is 5.28. The number of carbonyl (C=O) groups is 1. The number of benzene rings is 1. The fraction of sp³-hybridized carbons (Fsp3) is 0.562. The van der Waals surface area contributed by atoms with Crippen molar-refractivity contribution in [3.63, 3.8) is 0 Å². The number of carbonyl (C=O) groups excluding carboxylic acids is 1. The lowest BCUT2D eigenvalue weighted by molar-refractivity contribution is -0.140. The van der Waals surface area contributed by atoms with Gasteiger partial charge in [0.15, 0.2) is 0 Å². The highest BCUT2D eigenvalue weighted by Gasteiger charge is 2.54. The van der Waals surface area contributed by atoms with Crippen molar-refractivity contribution in [2.75, 3.05) is 7.11 Å². The summed E-state index contributed by atoms with van der Waals surface area (Å²) in [6, 6.07) is 2.30. The summed E-state index contributed by atoms with van der Waals surface area (Å²) in [5, 5.41) is -0.626. The third kappa shape index (κ3) is 3.43. The molecule has 4 nitrogen and oxygen atoms in total. The highest BCUT2D eigenvalue weighted by Crippen LogP contribution is 2.42. The zero-order chi connectivity index (χ0) is 18.3. The van der Waals surface area contributed by atoms with E-state index in [-0.39, 0.29) is 12.0 Å². The lowest BCUT2D eigenvalue weighted by Gasteiger charge is -2.32. The second kappa shape index (κ2) is 6.62. The van der Waals surface area contributed by atoms with Crippen LogP contribution in [-0.2, 0) is 18.8 Å². The lowest BCUT2D eigenvalue weighted by atomic mass is 9.66. The lowest BCUT2D eigenvalue weighted by Crippen LogP contribution is -2.41. The van der Waals surface area contributed by atoms with Crippen molar-refractivity contribution in [2.24, 2.45) is 0 Å². The van der Waals surface area contributed by atoms with Gasteiger partial charge in [0.25, 0.3) is 0 Å².